The van der Waals surface area contributed by atoms with E-state index in [0.29, 0.717) is 12.2 Å². The Labute approximate surface area is 109 Å². The number of carbonyl (C=O) groups is 1. The molecule has 1 aliphatic heterocycles. The van der Waals surface area contributed by atoms with Crippen LogP contribution in [0.4, 0.5) is 0 Å². The van der Waals surface area contributed by atoms with E-state index < -0.39 is 0 Å². The number of aryl methyl sites for hydroxylation is 1. The molecule has 1 amide bonds. The number of amides is 1. The van der Waals surface area contributed by atoms with Gasteiger partial charge >= 0.3 is 0 Å². The molecule has 1 saturated heterocycles. The molecule has 94 valence electrons. The van der Waals surface area contributed by atoms with Crippen molar-refractivity contribution in [1.29, 1.82) is 0 Å². The summed E-state index contributed by atoms with van der Waals surface area (Å²) in [4.78, 5) is 11.9. The fraction of sp³-hybridized carbons (Fsp3) is 0.636. The van der Waals surface area contributed by atoms with Crippen LogP contribution in [0.1, 0.15) is 30.3 Å². The summed E-state index contributed by atoms with van der Waals surface area (Å²) in [5, 5.41) is 7.04. The first-order chi connectivity index (χ1) is 8.20. The lowest BCUT2D eigenvalue weighted by Gasteiger charge is -2.09. The van der Waals surface area contributed by atoms with Gasteiger partial charge in [-0.25, -0.2) is 0 Å². The second-order valence-corrected chi connectivity index (χ2v) is 4.88. The highest BCUT2D eigenvalue weighted by Gasteiger charge is 2.19. The minimum atomic E-state index is -0.153. The molecule has 1 aromatic heterocycles. The monoisotopic (exact) mass is 301 g/mol. The summed E-state index contributed by atoms with van der Waals surface area (Å²) >= 11 is 3.34. The van der Waals surface area contributed by atoms with Gasteiger partial charge in [0.05, 0.1) is 10.6 Å². The van der Waals surface area contributed by atoms with Crippen molar-refractivity contribution < 1.29 is 9.53 Å². The van der Waals surface area contributed by atoms with Gasteiger partial charge < -0.3 is 10.1 Å². The van der Waals surface area contributed by atoms with E-state index in [1.54, 1.807) is 10.9 Å². The Morgan fingerprint density at radius 1 is 1.76 bits per heavy atom. The highest BCUT2D eigenvalue weighted by atomic mass is 79.9. The molecule has 6 heteroatoms. The molecule has 0 saturated carbocycles. The third-order valence-electron chi connectivity index (χ3n) is 2.77. The van der Waals surface area contributed by atoms with Crippen LogP contribution in [0.2, 0.25) is 0 Å². The Hall–Kier alpha value is -0.880. The van der Waals surface area contributed by atoms with E-state index in [-0.39, 0.29) is 12.0 Å². The van der Waals surface area contributed by atoms with Crippen LogP contribution < -0.4 is 5.32 Å². The summed E-state index contributed by atoms with van der Waals surface area (Å²) in [5.74, 6) is -0.153. The first kappa shape index (κ1) is 12.6. The van der Waals surface area contributed by atoms with Crippen molar-refractivity contribution >= 4 is 21.8 Å². The summed E-state index contributed by atoms with van der Waals surface area (Å²) in [5.41, 5.74) is 0.435. The van der Waals surface area contributed by atoms with Crippen LogP contribution in [0.3, 0.4) is 0 Å². The smallest absolute Gasteiger partial charge is 0.273 e. The summed E-state index contributed by atoms with van der Waals surface area (Å²) < 4.78 is 7.90. The normalized spacial score (nSPS) is 19.5. The zero-order valence-corrected chi connectivity index (χ0v) is 11.4. The molecule has 1 aromatic rings. The Balaban J connectivity index is 1.91. The van der Waals surface area contributed by atoms with E-state index in [1.807, 2.05) is 6.92 Å². The maximum absolute atomic E-state index is 11.9. The van der Waals surface area contributed by atoms with Crippen LogP contribution in [0.5, 0.6) is 0 Å². The predicted molar refractivity (Wildman–Crippen MR) is 66.9 cm³/mol. The van der Waals surface area contributed by atoms with Crippen molar-refractivity contribution in [3.63, 3.8) is 0 Å². The molecule has 1 N–H and O–H groups in total. The second kappa shape index (κ2) is 5.64. The van der Waals surface area contributed by atoms with Gasteiger partial charge in [0.25, 0.3) is 5.91 Å². The van der Waals surface area contributed by atoms with Crippen LogP contribution >= 0.6 is 15.9 Å². The molecule has 1 fully saturated rings. The lowest BCUT2D eigenvalue weighted by Crippen LogP contribution is -2.32. The zero-order chi connectivity index (χ0) is 12.3. The summed E-state index contributed by atoms with van der Waals surface area (Å²) in [7, 11) is 0. The summed E-state index contributed by atoms with van der Waals surface area (Å²) in [6, 6.07) is 0. The minimum Gasteiger partial charge on any atom is -0.376 e. The van der Waals surface area contributed by atoms with Gasteiger partial charge in [0.1, 0.15) is 0 Å². The van der Waals surface area contributed by atoms with Crippen molar-refractivity contribution in [2.24, 2.45) is 0 Å². The molecule has 2 rings (SSSR count). The van der Waals surface area contributed by atoms with Gasteiger partial charge in [0.15, 0.2) is 5.69 Å². The third kappa shape index (κ3) is 3.07. The van der Waals surface area contributed by atoms with Gasteiger partial charge in [-0.2, -0.15) is 5.10 Å². The highest BCUT2D eigenvalue weighted by Crippen LogP contribution is 2.15. The number of nitrogens with zero attached hydrogens (tertiary/aromatic N) is 2. The lowest BCUT2D eigenvalue weighted by atomic mass is 10.2. The fourth-order valence-electron chi connectivity index (χ4n) is 1.81. The third-order valence-corrected chi connectivity index (χ3v) is 3.35. The molecule has 0 aromatic carbocycles. The standard InChI is InChI=1S/C11H16BrN3O2/c1-2-15-7-9(12)10(14-15)11(16)13-6-8-4-3-5-17-8/h7-8H,2-6H2,1H3,(H,13,16)/t8-/m0/s1. The summed E-state index contributed by atoms with van der Waals surface area (Å²) in [6.45, 7) is 4.09. The molecule has 1 atom stereocenters. The van der Waals surface area contributed by atoms with Crippen LogP contribution in [0, 0.1) is 0 Å². The molecule has 17 heavy (non-hydrogen) atoms. The minimum absolute atomic E-state index is 0.153. The van der Waals surface area contributed by atoms with Gasteiger partial charge in [-0.05, 0) is 35.7 Å². The maximum Gasteiger partial charge on any atom is 0.273 e. The van der Waals surface area contributed by atoms with Crippen LogP contribution in [0.15, 0.2) is 10.7 Å². The molecule has 0 aliphatic carbocycles. The number of carbonyl (C=O) groups excluding carboxylic acids is 1. The number of hydrogen-bond acceptors (Lipinski definition) is 3. The van der Waals surface area contributed by atoms with Crippen molar-refractivity contribution in [3.8, 4) is 0 Å². The number of nitrogens with one attached hydrogen (secondary N) is 1. The number of halogens is 1. The Bertz CT molecular complexity index is 399. The number of ether oxygens (including phenoxy) is 1. The first-order valence-electron chi connectivity index (χ1n) is 5.83. The first-order valence-corrected chi connectivity index (χ1v) is 6.62. The van der Waals surface area contributed by atoms with E-state index in [2.05, 4.69) is 26.3 Å². The maximum atomic E-state index is 11.9. The van der Waals surface area contributed by atoms with Crippen LogP contribution in [-0.4, -0.2) is 34.9 Å². The SMILES string of the molecule is CCn1cc(Br)c(C(=O)NC[C@@H]2CCCO2)n1. The van der Waals surface area contributed by atoms with E-state index in [1.165, 1.54) is 0 Å². The molecule has 0 radical (unpaired) electrons. The number of hydrogen-bond donors (Lipinski definition) is 1. The average molecular weight is 302 g/mol. The van der Waals surface area contributed by atoms with Gasteiger partial charge in [-0.3, -0.25) is 9.48 Å². The van der Waals surface area contributed by atoms with Gasteiger partial charge in [-0.1, -0.05) is 0 Å². The molecular weight excluding hydrogens is 286 g/mol. The molecule has 0 unspecified atom stereocenters. The second-order valence-electron chi connectivity index (χ2n) is 4.03. The van der Waals surface area contributed by atoms with Crippen molar-refractivity contribution in [2.45, 2.75) is 32.4 Å². The Morgan fingerprint density at radius 2 is 2.59 bits per heavy atom. The van der Waals surface area contributed by atoms with E-state index >= 15 is 0 Å². The molecular formula is C11H16BrN3O2. The Kier molecular flexibility index (Phi) is 4.17. The predicted octanol–water partition coefficient (Wildman–Crippen LogP) is 1.57. The van der Waals surface area contributed by atoms with E-state index in [0.717, 1.165) is 30.5 Å². The molecule has 2 heterocycles. The van der Waals surface area contributed by atoms with Crippen LogP contribution in [-0.2, 0) is 11.3 Å². The number of rotatable bonds is 4. The van der Waals surface area contributed by atoms with Gasteiger partial charge in [-0.15, -0.1) is 0 Å². The lowest BCUT2D eigenvalue weighted by molar-refractivity contribution is 0.0852. The van der Waals surface area contributed by atoms with Crippen molar-refractivity contribution in [2.75, 3.05) is 13.2 Å². The molecule has 5 nitrogen and oxygen atoms in total. The zero-order valence-electron chi connectivity index (χ0n) is 9.78. The van der Waals surface area contributed by atoms with E-state index in [9.17, 15) is 4.79 Å². The largest absolute Gasteiger partial charge is 0.376 e. The quantitative estimate of drug-likeness (QED) is 0.918. The number of aromatic nitrogens is 2. The summed E-state index contributed by atoms with van der Waals surface area (Å²) in [6.07, 6.45) is 4.06. The van der Waals surface area contributed by atoms with Crippen LogP contribution in [0.25, 0.3) is 0 Å². The topological polar surface area (TPSA) is 56.2 Å². The van der Waals surface area contributed by atoms with Gasteiger partial charge in [0, 0.05) is 25.9 Å². The fourth-order valence-corrected chi connectivity index (χ4v) is 2.30. The average Bonchev–Trinajstić information content (AvgIpc) is 2.94. The highest BCUT2D eigenvalue weighted by molar-refractivity contribution is 9.10. The Morgan fingerprint density at radius 3 is 3.18 bits per heavy atom. The van der Waals surface area contributed by atoms with E-state index in [4.69, 9.17) is 4.74 Å². The molecule has 0 spiro atoms. The van der Waals surface area contributed by atoms with Gasteiger partial charge in [0.2, 0.25) is 0 Å². The van der Waals surface area contributed by atoms with Crippen molar-refractivity contribution in [1.82, 2.24) is 15.1 Å². The molecule has 1 aliphatic rings. The van der Waals surface area contributed by atoms with Crippen molar-refractivity contribution in [3.05, 3.63) is 16.4 Å². The molecule has 0 bridgehead atoms.